The molecule has 1 rings (SSSR count). The Morgan fingerprint density at radius 2 is 2.06 bits per heavy atom. The van der Waals surface area contributed by atoms with Crippen molar-refractivity contribution in [2.24, 2.45) is 0 Å². The van der Waals surface area contributed by atoms with Gasteiger partial charge in [-0.15, -0.1) is 6.42 Å². The summed E-state index contributed by atoms with van der Waals surface area (Å²) >= 11 is 0. The first-order chi connectivity index (χ1) is 8.86. The lowest BCUT2D eigenvalue weighted by molar-refractivity contribution is 0.0689. The molecule has 4 nitrogen and oxygen atoms in total. The maximum absolute atomic E-state index is 5.42. The summed E-state index contributed by atoms with van der Waals surface area (Å²) in [5.41, 5.74) is 0. The summed E-state index contributed by atoms with van der Waals surface area (Å²) in [4.78, 5) is 2.34. The van der Waals surface area contributed by atoms with E-state index >= 15 is 0 Å². The molecule has 1 fully saturated rings. The number of ether oxygens (including phenoxy) is 2. The number of methoxy groups -OCH3 is 1. The van der Waals surface area contributed by atoms with Gasteiger partial charge in [0.1, 0.15) is 0 Å². The summed E-state index contributed by atoms with van der Waals surface area (Å²) in [6.45, 7) is 6.25. The highest BCUT2D eigenvalue weighted by Crippen LogP contribution is 2.09. The Bertz CT molecular complexity index is 232. The Hall–Kier alpha value is -0.600. The van der Waals surface area contributed by atoms with Crippen molar-refractivity contribution in [2.45, 2.75) is 25.3 Å². The van der Waals surface area contributed by atoms with Crippen LogP contribution < -0.4 is 5.32 Å². The molecule has 0 aromatic heterocycles. The normalized spacial score (nSPS) is 17.8. The molecule has 0 aromatic rings. The molecule has 0 unspecified atom stereocenters. The highest BCUT2D eigenvalue weighted by Gasteiger charge is 2.17. The van der Waals surface area contributed by atoms with Crippen LogP contribution in [-0.4, -0.2) is 64.1 Å². The largest absolute Gasteiger partial charge is 0.382 e. The van der Waals surface area contributed by atoms with Gasteiger partial charge in [-0.2, -0.15) is 0 Å². The molecule has 0 aromatic carbocycles. The monoisotopic (exact) mass is 254 g/mol. The molecule has 1 aliphatic rings. The minimum Gasteiger partial charge on any atom is -0.382 e. The van der Waals surface area contributed by atoms with Crippen LogP contribution in [0, 0.1) is 12.3 Å². The van der Waals surface area contributed by atoms with Crippen molar-refractivity contribution in [2.75, 3.05) is 53.1 Å². The van der Waals surface area contributed by atoms with Crippen molar-refractivity contribution in [3.8, 4) is 12.3 Å². The van der Waals surface area contributed by atoms with E-state index in [0.717, 1.165) is 39.2 Å². The van der Waals surface area contributed by atoms with E-state index < -0.39 is 0 Å². The molecule has 1 N–H and O–H groups in total. The van der Waals surface area contributed by atoms with Crippen molar-refractivity contribution in [1.82, 2.24) is 10.2 Å². The summed E-state index contributed by atoms with van der Waals surface area (Å²) in [6.07, 6.45) is 8.78. The summed E-state index contributed by atoms with van der Waals surface area (Å²) in [6, 6.07) is 0.651. The second-order valence-corrected chi connectivity index (χ2v) is 4.67. The van der Waals surface area contributed by atoms with Crippen molar-refractivity contribution in [3.05, 3.63) is 0 Å². The Kier molecular flexibility index (Phi) is 8.87. The Balaban J connectivity index is 1.90. The first-order valence-electron chi connectivity index (χ1n) is 6.82. The van der Waals surface area contributed by atoms with Crippen LogP contribution in [0.3, 0.4) is 0 Å². The van der Waals surface area contributed by atoms with E-state index in [1.54, 1.807) is 7.11 Å². The Morgan fingerprint density at radius 1 is 1.28 bits per heavy atom. The molecule has 0 saturated carbocycles. The van der Waals surface area contributed by atoms with Gasteiger partial charge in [-0.25, -0.2) is 0 Å². The van der Waals surface area contributed by atoms with E-state index in [1.807, 2.05) is 0 Å². The van der Waals surface area contributed by atoms with Gasteiger partial charge in [0.05, 0.1) is 19.8 Å². The average Bonchev–Trinajstić information content (AvgIpc) is 2.40. The van der Waals surface area contributed by atoms with Gasteiger partial charge in [0, 0.05) is 32.8 Å². The first-order valence-corrected chi connectivity index (χ1v) is 6.82. The van der Waals surface area contributed by atoms with Crippen LogP contribution in [0.1, 0.15) is 19.3 Å². The van der Waals surface area contributed by atoms with Crippen molar-refractivity contribution in [1.29, 1.82) is 0 Å². The molecule has 0 radical (unpaired) electrons. The van der Waals surface area contributed by atoms with Crippen LogP contribution in [-0.2, 0) is 9.47 Å². The molecule has 18 heavy (non-hydrogen) atoms. The summed E-state index contributed by atoms with van der Waals surface area (Å²) in [5, 5.41) is 3.59. The van der Waals surface area contributed by atoms with Gasteiger partial charge >= 0.3 is 0 Å². The Labute approximate surface area is 111 Å². The third kappa shape index (κ3) is 6.97. The number of nitrogens with zero attached hydrogens (tertiary/aromatic N) is 1. The number of piperidine rings is 1. The molecule has 4 heteroatoms. The lowest BCUT2D eigenvalue weighted by atomic mass is 10.1. The number of rotatable bonds is 9. The average molecular weight is 254 g/mol. The van der Waals surface area contributed by atoms with E-state index in [-0.39, 0.29) is 0 Å². The second kappa shape index (κ2) is 10.3. The van der Waals surface area contributed by atoms with E-state index in [4.69, 9.17) is 15.9 Å². The van der Waals surface area contributed by atoms with Gasteiger partial charge in [0.2, 0.25) is 0 Å². The summed E-state index contributed by atoms with van der Waals surface area (Å²) in [5.74, 6) is 2.71. The van der Waals surface area contributed by atoms with Crippen molar-refractivity contribution in [3.63, 3.8) is 0 Å². The number of nitrogens with one attached hydrogen (secondary N) is 1. The predicted molar refractivity (Wildman–Crippen MR) is 73.6 cm³/mol. The minimum atomic E-state index is 0.651. The predicted octanol–water partition coefficient (Wildman–Crippen LogP) is 0.727. The summed E-state index contributed by atoms with van der Waals surface area (Å²) in [7, 11) is 1.69. The summed E-state index contributed by atoms with van der Waals surface area (Å²) < 4.78 is 10.3. The molecule has 0 spiro atoms. The van der Waals surface area contributed by atoms with Crippen molar-refractivity contribution >= 4 is 0 Å². The minimum absolute atomic E-state index is 0.651. The van der Waals surface area contributed by atoms with E-state index in [9.17, 15) is 0 Å². The maximum atomic E-state index is 5.42. The topological polar surface area (TPSA) is 33.7 Å². The molecule has 0 bridgehead atoms. The van der Waals surface area contributed by atoms with Crippen LogP contribution in [0.15, 0.2) is 0 Å². The molecule has 1 aliphatic heterocycles. The van der Waals surface area contributed by atoms with Crippen molar-refractivity contribution < 1.29 is 9.47 Å². The molecular weight excluding hydrogens is 228 g/mol. The van der Waals surface area contributed by atoms with Gasteiger partial charge in [0.25, 0.3) is 0 Å². The molecule has 0 amide bonds. The van der Waals surface area contributed by atoms with E-state index in [1.165, 1.54) is 12.8 Å². The number of hydrogen-bond acceptors (Lipinski definition) is 4. The van der Waals surface area contributed by atoms with Gasteiger partial charge in [-0.3, -0.25) is 4.90 Å². The maximum Gasteiger partial charge on any atom is 0.0700 e. The number of likely N-dealkylation sites (tertiary alicyclic amines) is 1. The third-order valence-corrected chi connectivity index (χ3v) is 3.23. The molecule has 0 aliphatic carbocycles. The fourth-order valence-corrected chi connectivity index (χ4v) is 2.15. The number of terminal acetylenes is 1. The van der Waals surface area contributed by atoms with Crippen LogP contribution in [0.2, 0.25) is 0 Å². The van der Waals surface area contributed by atoms with Gasteiger partial charge in [0.15, 0.2) is 0 Å². The van der Waals surface area contributed by atoms with Crippen LogP contribution in [0.25, 0.3) is 0 Å². The lowest BCUT2D eigenvalue weighted by Crippen LogP contribution is -2.42. The highest BCUT2D eigenvalue weighted by molar-refractivity contribution is 4.90. The van der Waals surface area contributed by atoms with E-state index in [0.29, 0.717) is 19.3 Å². The third-order valence-electron chi connectivity index (χ3n) is 3.23. The van der Waals surface area contributed by atoms with Crippen LogP contribution in [0.5, 0.6) is 0 Å². The molecule has 1 heterocycles. The Morgan fingerprint density at radius 3 is 2.72 bits per heavy atom. The van der Waals surface area contributed by atoms with Crippen LogP contribution >= 0.6 is 0 Å². The lowest BCUT2D eigenvalue weighted by Gasteiger charge is -2.31. The van der Waals surface area contributed by atoms with E-state index in [2.05, 4.69) is 16.1 Å². The van der Waals surface area contributed by atoms with Gasteiger partial charge in [-0.05, 0) is 25.8 Å². The zero-order chi connectivity index (χ0) is 13.1. The zero-order valence-corrected chi connectivity index (χ0v) is 11.5. The second-order valence-electron chi connectivity index (χ2n) is 4.67. The molecule has 1 saturated heterocycles. The van der Waals surface area contributed by atoms with Crippen LogP contribution in [0.4, 0.5) is 0 Å². The smallest absolute Gasteiger partial charge is 0.0700 e. The molecule has 104 valence electrons. The quantitative estimate of drug-likeness (QED) is 0.486. The fraction of sp³-hybridized carbons (Fsp3) is 0.857. The highest BCUT2D eigenvalue weighted by atomic mass is 16.5. The molecular formula is C14H26N2O2. The van der Waals surface area contributed by atoms with Gasteiger partial charge < -0.3 is 14.8 Å². The SMILES string of the molecule is C#CCN1CCC(NCCCOCCOC)CC1. The standard InChI is InChI=1S/C14H26N2O2/c1-3-8-16-9-5-14(6-10-16)15-7-4-11-18-13-12-17-2/h1,14-15H,4-13H2,2H3. The number of hydrogen-bond donors (Lipinski definition) is 1. The molecule has 0 atom stereocenters. The van der Waals surface area contributed by atoms with Gasteiger partial charge in [-0.1, -0.05) is 5.92 Å². The zero-order valence-electron chi connectivity index (χ0n) is 11.5. The first kappa shape index (κ1) is 15.5. The fourth-order valence-electron chi connectivity index (χ4n) is 2.15.